The summed E-state index contributed by atoms with van der Waals surface area (Å²) in [5.41, 5.74) is 14.0. The van der Waals surface area contributed by atoms with Crippen molar-refractivity contribution in [2.45, 2.75) is 43.9 Å². The Morgan fingerprint density at radius 1 is 0.885 bits per heavy atom. The molecule has 0 spiro atoms. The summed E-state index contributed by atoms with van der Waals surface area (Å²) in [6.45, 7) is 0.862. The Morgan fingerprint density at radius 3 is 1.96 bits per heavy atom. The Balaban J connectivity index is 1.64. The van der Waals surface area contributed by atoms with E-state index < -0.39 is 30.6 Å². The van der Waals surface area contributed by atoms with Crippen LogP contribution in [0, 0.1) is 0 Å². The smallest absolute Gasteiger partial charge is 0.176 e. The summed E-state index contributed by atoms with van der Waals surface area (Å²) in [7, 11) is 0. The van der Waals surface area contributed by atoms with Crippen LogP contribution in [0.5, 0.6) is 0 Å². The van der Waals surface area contributed by atoms with Crippen molar-refractivity contribution in [1.29, 1.82) is 0 Å². The first-order valence-corrected chi connectivity index (χ1v) is 8.79. The third kappa shape index (κ3) is 4.67. The van der Waals surface area contributed by atoms with Crippen LogP contribution in [-0.2, 0) is 27.4 Å². The molecule has 3 rings (SSSR count). The van der Waals surface area contributed by atoms with Crippen LogP contribution < -0.4 is 11.5 Å². The lowest BCUT2D eigenvalue weighted by molar-refractivity contribution is -0.269. The summed E-state index contributed by atoms with van der Waals surface area (Å²) in [6, 6.07) is 18.9. The average molecular weight is 358 g/mol. The fraction of sp³-hybridized carbons (Fsp3) is 0.400. The minimum atomic E-state index is -0.907. The van der Waals surface area contributed by atoms with Gasteiger partial charge in [0.2, 0.25) is 0 Å². The summed E-state index contributed by atoms with van der Waals surface area (Å²) in [4.78, 5) is 0. The first-order chi connectivity index (χ1) is 12.7. The Hall–Kier alpha value is -1.80. The molecular formula is C20H26N2O4. The summed E-state index contributed by atoms with van der Waals surface area (Å²) in [6.07, 6.45) is -2.82. The quantitative estimate of drug-likeness (QED) is 0.687. The molecule has 0 aliphatic carbocycles. The first kappa shape index (κ1) is 19.0. The van der Waals surface area contributed by atoms with Gasteiger partial charge in [-0.15, -0.1) is 0 Å². The molecule has 1 heterocycles. The highest BCUT2D eigenvalue weighted by atomic mass is 16.7. The lowest BCUT2D eigenvalue weighted by Crippen LogP contribution is -2.63. The normalized spacial score (nSPS) is 28.8. The van der Waals surface area contributed by atoms with Gasteiger partial charge >= 0.3 is 0 Å². The SMILES string of the molecule is NC[C@H]1OC(OCc2ccccc2)[C@H](N)[C@@H](OCc2ccccc2)[C@@H]1O. The van der Waals surface area contributed by atoms with E-state index >= 15 is 0 Å². The van der Waals surface area contributed by atoms with Gasteiger partial charge in [0.05, 0.1) is 19.3 Å². The van der Waals surface area contributed by atoms with Crippen LogP contribution in [0.4, 0.5) is 0 Å². The second-order valence-corrected chi connectivity index (χ2v) is 6.40. The highest BCUT2D eigenvalue weighted by Gasteiger charge is 2.44. The maximum atomic E-state index is 10.5. The Kier molecular flexibility index (Phi) is 6.73. The highest BCUT2D eigenvalue weighted by molar-refractivity contribution is 5.14. The van der Waals surface area contributed by atoms with Gasteiger partial charge in [-0.2, -0.15) is 0 Å². The van der Waals surface area contributed by atoms with Crippen molar-refractivity contribution < 1.29 is 19.3 Å². The predicted octanol–water partition coefficient (Wildman–Crippen LogP) is 1.16. The summed E-state index contributed by atoms with van der Waals surface area (Å²) >= 11 is 0. The number of rotatable bonds is 7. The van der Waals surface area contributed by atoms with E-state index in [0.29, 0.717) is 13.2 Å². The van der Waals surface area contributed by atoms with Gasteiger partial charge in [-0.05, 0) is 11.1 Å². The Labute approximate surface area is 153 Å². The van der Waals surface area contributed by atoms with E-state index in [1.165, 1.54) is 0 Å². The number of hydrogen-bond acceptors (Lipinski definition) is 6. The van der Waals surface area contributed by atoms with E-state index in [-0.39, 0.29) is 6.54 Å². The number of aliphatic hydroxyl groups is 1. The van der Waals surface area contributed by atoms with E-state index in [0.717, 1.165) is 11.1 Å². The highest BCUT2D eigenvalue weighted by Crippen LogP contribution is 2.24. The molecule has 1 aliphatic heterocycles. The molecule has 0 bridgehead atoms. The van der Waals surface area contributed by atoms with Gasteiger partial charge in [0.15, 0.2) is 6.29 Å². The monoisotopic (exact) mass is 358 g/mol. The molecule has 2 aromatic carbocycles. The van der Waals surface area contributed by atoms with Gasteiger partial charge in [-0.25, -0.2) is 0 Å². The third-order valence-corrected chi connectivity index (χ3v) is 4.49. The van der Waals surface area contributed by atoms with E-state index in [1.807, 2.05) is 60.7 Å². The topological polar surface area (TPSA) is 100.0 Å². The van der Waals surface area contributed by atoms with Crippen LogP contribution in [0.2, 0.25) is 0 Å². The second-order valence-electron chi connectivity index (χ2n) is 6.40. The largest absolute Gasteiger partial charge is 0.388 e. The molecule has 0 aromatic heterocycles. The molecule has 5 N–H and O–H groups in total. The zero-order valence-electron chi connectivity index (χ0n) is 14.6. The second kappa shape index (κ2) is 9.23. The molecule has 1 unspecified atom stereocenters. The fourth-order valence-corrected chi connectivity index (χ4v) is 3.01. The molecule has 6 heteroatoms. The number of hydrogen-bond donors (Lipinski definition) is 3. The lowest BCUT2D eigenvalue weighted by Gasteiger charge is -2.42. The Morgan fingerprint density at radius 2 is 1.42 bits per heavy atom. The van der Waals surface area contributed by atoms with Gasteiger partial charge in [0, 0.05) is 6.54 Å². The molecule has 2 aromatic rings. The molecule has 140 valence electrons. The lowest BCUT2D eigenvalue weighted by atomic mass is 9.97. The van der Waals surface area contributed by atoms with E-state index in [9.17, 15) is 5.11 Å². The molecule has 1 saturated heterocycles. The molecule has 0 radical (unpaired) electrons. The molecule has 5 atom stereocenters. The Bertz CT molecular complexity index is 655. The maximum absolute atomic E-state index is 10.5. The number of nitrogens with two attached hydrogens (primary N) is 2. The standard InChI is InChI=1S/C20H26N2O4/c21-11-16-18(23)19(24-12-14-7-3-1-4-8-14)17(22)20(26-16)25-13-15-9-5-2-6-10-15/h1-10,16-20,23H,11-13,21-22H2/t16-,17-,18-,19-,20?/m1/s1. The van der Waals surface area contributed by atoms with E-state index in [4.69, 9.17) is 25.7 Å². The molecule has 1 fully saturated rings. The summed E-state index contributed by atoms with van der Waals surface area (Å²) in [5.74, 6) is 0. The third-order valence-electron chi connectivity index (χ3n) is 4.49. The molecule has 26 heavy (non-hydrogen) atoms. The zero-order valence-corrected chi connectivity index (χ0v) is 14.6. The van der Waals surface area contributed by atoms with Gasteiger partial charge in [-0.1, -0.05) is 60.7 Å². The van der Waals surface area contributed by atoms with E-state index in [2.05, 4.69) is 0 Å². The number of aliphatic hydroxyl groups excluding tert-OH is 1. The van der Waals surface area contributed by atoms with Gasteiger partial charge in [-0.3, -0.25) is 0 Å². The number of ether oxygens (including phenoxy) is 3. The van der Waals surface area contributed by atoms with Crippen LogP contribution in [0.1, 0.15) is 11.1 Å². The van der Waals surface area contributed by atoms with Crippen molar-refractivity contribution in [3.05, 3.63) is 71.8 Å². The summed E-state index contributed by atoms with van der Waals surface area (Å²) in [5, 5.41) is 10.5. The van der Waals surface area contributed by atoms with Crippen LogP contribution in [0.3, 0.4) is 0 Å². The molecule has 0 amide bonds. The molecular weight excluding hydrogens is 332 g/mol. The van der Waals surface area contributed by atoms with Crippen LogP contribution in [-0.4, -0.2) is 42.3 Å². The minimum Gasteiger partial charge on any atom is -0.388 e. The van der Waals surface area contributed by atoms with Gasteiger partial charge < -0.3 is 30.8 Å². The zero-order chi connectivity index (χ0) is 18.4. The van der Waals surface area contributed by atoms with Gasteiger partial charge in [0.25, 0.3) is 0 Å². The maximum Gasteiger partial charge on any atom is 0.176 e. The molecule has 1 aliphatic rings. The van der Waals surface area contributed by atoms with Crippen LogP contribution in [0.15, 0.2) is 60.7 Å². The van der Waals surface area contributed by atoms with Crippen molar-refractivity contribution >= 4 is 0 Å². The van der Waals surface area contributed by atoms with Crippen molar-refractivity contribution in [2.24, 2.45) is 11.5 Å². The van der Waals surface area contributed by atoms with Crippen molar-refractivity contribution in [3.63, 3.8) is 0 Å². The number of benzene rings is 2. The average Bonchev–Trinajstić information content (AvgIpc) is 2.69. The van der Waals surface area contributed by atoms with Gasteiger partial charge in [0.1, 0.15) is 18.3 Å². The molecule has 0 saturated carbocycles. The molecule has 6 nitrogen and oxygen atoms in total. The summed E-state index contributed by atoms with van der Waals surface area (Å²) < 4.78 is 17.5. The fourth-order valence-electron chi connectivity index (χ4n) is 3.01. The predicted molar refractivity (Wildman–Crippen MR) is 97.9 cm³/mol. The van der Waals surface area contributed by atoms with Crippen LogP contribution >= 0.6 is 0 Å². The first-order valence-electron chi connectivity index (χ1n) is 8.79. The van der Waals surface area contributed by atoms with Crippen LogP contribution in [0.25, 0.3) is 0 Å². The van der Waals surface area contributed by atoms with E-state index in [1.54, 1.807) is 0 Å². The van der Waals surface area contributed by atoms with Crippen molar-refractivity contribution in [2.75, 3.05) is 6.54 Å². The van der Waals surface area contributed by atoms with Crippen molar-refractivity contribution in [1.82, 2.24) is 0 Å². The van der Waals surface area contributed by atoms with Crippen molar-refractivity contribution in [3.8, 4) is 0 Å². The minimum absolute atomic E-state index is 0.157.